The van der Waals surface area contributed by atoms with Crippen molar-refractivity contribution in [3.05, 3.63) is 54.1 Å². The number of methoxy groups -OCH3 is 2. The number of amides is 1. The Morgan fingerprint density at radius 1 is 1.03 bits per heavy atom. The maximum Gasteiger partial charge on any atom is 0.244 e. The fourth-order valence-electron chi connectivity index (χ4n) is 3.32. The van der Waals surface area contributed by atoms with E-state index in [2.05, 4.69) is 5.32 Å². The van der Waals surface area contributed by atoms with Gasteiger partial charge in [-0.25, -0.2) is 8.42 Å². The van der Waals surface area contributed by atoms with Crippen molar-refractivity contribution in [2.45, 2.75) is 17.7 Å². The first-order chi connectivity index (χ1) is 15.4. The van der Waals surface area contributed by atoms with Gasteiger partial charge in [0.25, 0.3) is 0 Å². The third kappa shape index (κ3) is 6.02. The summed E-state index contributed by atoms with van der Waals surface area (Å²) >= 11 is 0. The molecule has 2 aromatic rings. The highest BCUT2D eigenvalue weighted by Crippen LogP contribution is 2.28. The molecule has 1 amide bonds. The second kappa shape index (κ2) is 11.0. The van der Waals surface area contributed by atoms with E-state index in [1.54, 1.807) is 56.7 Å². The lowest BCUT2D eigenvalue weighted by atomic mass is 10.2. The quantitative estimate of drug-likeness (QED) is 0.433. The van der Waals surface area contributed by atoms with Gasteiger partial charge in [-0.1, -0.05) is 6.07 Å². The standard InChI is InChI=1S/C23H28N2O6S/c1-29-21-11-5-18(17-22(21)30-2)6-12-23(26)24-13-16-31-19-7-9-20(10-8-19)32(27,28)25-14-3-4-15-25/h5-12,17H,3-4,13-16H2,1-2H3,(H,24,26)/b12-6+. The van der Waals surface area contributed by atoms with Gasteiger partial charge in [-0.3, -0.25) is 4.79 Å². The maximum absolute atomic E-state index is 12.5. The molecule has 0 radical (unpaired) electrons. The molecular formula is C23H28N2O6S. The minimum atomic E-state index is -3.43. The van der Waals surface area contributed by atoms with Crippen LogP contribution in [0.5, 0.6) is 17.2 Å². The van der Waals surface area contributed by atoms with Gasteiger partial charge in [0.1, 0.15) is 12.4 Å². The van der Waals surface area contributed by atoms with E-state index in [9.17, 15) is 13.2 Å². The number of hydrogen-bond acceptors (Lipinski definition) is 6. The predicted octanol–water partition coefficient (Wildman–Crippen LogP) is 2.70. The molecule has 2 aromatic carbocycles. The van der Waals surface area contributed by atoms with Crippen LogP contribution in [-0.2, 0) is 14.8 Å². The first-order valence-electron chi connectivity index (χ1n) is 10.3. The summed E-state index contributed by atoms with van der Waals surface area (Å²) in [6.07, 6.45) is 4.90. The van der Waals surface area contributed by atoms with E-state index >= 15 is 0 Å². The van der Waals surface area contributed by atoms with E-state index in [1.807, 2.05) is 6.07 Å². The SMILES string of the molecule is COc1ccc(/C=C/C(=O)NCCOc2ccc(S(=O)(=O)N3CCCC3)cc2)cc1OC. The van der Waals surface area contributed by atoms with Crippen LogP contribution in [0.15, 0.2) is 53.4 Å². The van der Waals surface area contributed by atoms with Gasteiger partial charge in [0.2, 0.25) is 15.9 Å². The molecule has 0 atom stereocenters. The number of nitrogens with one attached hydrogen (secondary N) is 1. The Labute approximate surface area is 188 Å². The zero-order chi connectivity index (χ0) is 23.0. The van der Waals surface area contributed by atoms with Gasteiger partial charge in [-0.2, -0.15) is 4.31 Å². The topological polar surface area (TPSA) is 94.2 Å². The van der Waals surface area contributed by atoms with Crippen molar-refractivity contribution in [3.8, 4) is 17.2 Å². The molecule has 1 fully saturated rings. The van der Waals surface area contributed by atoms with Crippen LogP contribution in [0.2, 0.25) is 0 Å². The zero-order valence-electron chi connectivity index (χ0n) is 18.2. The summed E-state index contributed by atoms with van der Waals surface area (Å²) in [4.78, 5) is 12.3. The Bertz CT molecular complexity index is 1040. The average Bonchev–Trinajstić information content (AvgIpc) is 3.36. The molecule has 0 aromatic heterocycles. The van der Waals surface area contributed by atoms with Crippen molar-refractivity contribution < 1.29 is 27.4 Å². The number of carbonyl (C=O) groups excluding carboxylic acids is 1. The molecule has 32 heavy (non-hydrogen) atoms. The zero-order valence-corrected chi connectivity index (χ0v) is 19.1. The summed E-state index contributed by atoms with van der Waals surface area (Å²) in [7, 11) is -0.314. The number of ether oxygens (including phenoxy) is 3. The molecule has 8 nitrogen and oxygen atoms in total. The summed E-state index contributed by atoms with van der Waals surface area (Å²) in [6.45, 7) is 1.71. The molecule has 1 aliphatic heterocycles. The van der Waals surface area contributed by atoms with Crippen LogP contribution in [0, 0.1) is 0 Å². The number of carbonyl (C=O) groups is 1. The molecule has 0 aliphatic carbocycles. The van der Waals surface area contributed by atoms with Crippen LogP contribution < -0.4 is 19.5 Å². The minimum absolute atomic E-state index is 0.254. The summed E-state index contributed by atoms with van der Waals surface area (Å²) in [5.74, 6) is 1.49. The van der Waals surface area contributed by atoms with Crippen LogP contribution in [-0.4, -0.2) is 59.1 Å². The Kier molecular flexibility index (Phi) is 8.13. The van der Waals surface area contributed by atoms with E-state index in [0.29, 0.717) is 36.9 Å². The van der Waals surface area contributed by atoms with Crippen LogP contribution in [0.25, 0.3) is 6.08 Å². The van der Waals surface area contributed by atoms with E-state index in [0.717, 1.165) is 18.4 Å². The van der Waals surface area contributed by atoms with Gasteiger partial charge in [0.05, 0.1) is 25.7 Å². The van der Waals surface area contributed by atoms with E-state index < -0.39 is 10.0 Å². The van der Waals surface area contributed by atoms with Crippen LogP contribution in [0.3, 0.4) is 0 Å². The van der Waals surface area contributed by atoms with Crippen molar-refractivity contribution >= 4 is 22.0 Å². The van der Waals surface area contributed by atoms with Crippen LogP contribution in [0.1, 0.15) is 18.4 Å². The molecule has 1 heterocycles. The molecule has 1 N–H and O–H groups in total. The third-order valence-electron chi connectivity index (χ3n) is 5.03. The van der Waals surface area contributed by atoms with Crippen molar-refractivity contribution in [2.75, 3.05) is 40.5 Å². The summed E-state index contributed by atoms with van der Waals surface area (Å²) in [6, 6.07) is 11.7. The molecule has 9 heteroatoms. The number of rotatable bonds is 10. The monoisotopic (exact) mass is 460 g/mol. The fraction of sp³-hybridized carbons (Fsp3) is 0.348. The smallest absolute Gasteiger partial charge is 0.244 e. The Morgan fingerprint density at radius 2 is 1.72 bits per heavy atom. The molecule has 3 rings (SSSR count). The third-order valence-corrected chi connectivity index (χ3v) is 6.94. The van der Waals surface area contributed by atoms with Crippen molar-refractivity contribution in [1.29, 1.82) is 0 Å². The summed E-state index contributed by atoms with van der Waals surface area (Å²) in [5, 5.41) is 2.74. The molecule has 0 unspecified atom stereocenters. The van der Waals surface area contributed by atoms with Crippen molar-refractivity contribution in [1.82, 2.24) is 9.62 Å². The lowest BCUT2D eigenvalue weighted by molar-refractivity contribution is -0.116. The lowest BCUT2D eigenvalue weighted by Gasteiger charge is -2.15. The lowest BCUT2D eigenvalue weighted by Crippen LogP contribution is -2.27. The highest BCUT2D eigenvalue weighted by Gasteiger charge is 2.26. The van der Waals surface area contributed by atoms with Crippen LogP contribution >= 0.6 is 0 Å². The summed E-state index contributed by atoms with van der Waals surface area (Å²) in [5.41, 5.74) is 0.804. The molecule has 0 spiro atoms. The fourth-order valence-corrected chi connectivity index (χ4v) is 4.83. The van der Waals surface area contributed by atoms with Crippen molar-refractivity contribution in [3.63, 3.8) is 0 Å². The van der Waals surface area contributed by atoms with Gasteiger partial charge in [-0.15, -0.1) is 0 Å². The Balaban J connectivity index is 1.44. The van der Waals surface area contributed by atoms with Gasteiger partial charge in [0, 0.05) is 19.2 Å². The Hall–Kier alpha value is -3.04. The predicted molar refractivity (Wildman–Crippen MR) is 122 cm³/mol. The molecule has 172 valence electrons. The second-order valence-electron chi connectivity index (χ2n) is 7.17. The number of sulfonamides is 1. The van der Waals surface area contributed by atoms with Gasteiger partial charge in [0.15, 0.2) is 11.5 Å². The highest BCUT2D eigenvalue weighted by atomic mass is 32.2. The molecule has 0 saturated carbocycles. The first-order valence-corrected chi connectivity index (χ1v) is 11.8. The summed E-state index contributed by atoms with van der Waals surface area (Å²) < 4.78 is 42.6. The number of nitrogens with zero attached hydrogens (tertiary/aromatic N) is 1. The number of hydrogen-bond donors (Lipinski definition) is 1. The first kappa shape index (κ1) is 23.6. The molecule has 1 aliphatic rings. The van der Waals surface area contributed by atoms with E-state index in [4.69, 9.17) is 14.2 Å². The average molecular weight is 461 g/mol. The molecule has 1 saturated heterocycles. The highest BCUT2D eigenvalue weighted by molar-refractivity contribution is 7.89. The van der Waals surface area contributed by atoms with E-state index in [-0.39, 0.29) is 17.4 Å². The van der Waals surface area contributed by atoms with Gasteiger partial charge >= 0.3 is 0 Å². The van der Waals surface area contributed by atoms with Crippen molar-refractivity contribution in [2.24, 2.45) is 0 Å². The number of benzene rings is 2. The second-order valence-corrected chi connectivity index (χ2v) is 9.11. The normalized spacial score (nSPS) is 14.4. The maximum atomic E-state index is 12.5. The van der Waals surface area contributed by atoms with Crippen LogP contribution in [0.4, 0.5) is 0 Å². The van der Waals surface area contributed by atoms with Gasteiger partial charge in [-0.05, 0) is 60.9 Å². The molecular weight excluding hydrogens is 432 g/mol. The minimum Gasteiger partial charge on any atom is -0.493 e. The van der Waals surface area contributed by atoms with E-state index in [1.165, 1.54) is 10.4 Å². The van der Waals surface area contributed by atoms with Gasteiger partial charge < -0.3 is 19.5 Å². The largest absolute Gasteiger partial charge is 0.493 e. The molecule has 0 bridgehead atoms. The Morgan fingerprint density at radius 3 is 2.38 bits per heavy atom.